The largest absolute Gasteiger partial charge is 0.485 e. The van der Waals surface area contributed by atoms with Crippen LogP contribution in [0, 0.1) is 5.95 Å². The van der Waals surface area contributed by atoms with E-state index in [0.29, 0.717) is 0 Å². The zero-order valence-electron chi connectivity index (χ0n) is 15.7. The normalized spacial score (nSPS) is 11.6. The van der Waals surface area contributed by atoms with Gasteiger partial charge in [0.1, 0.15) is 35.5 Å². The molecule has 0 saturated carbocycles. The number of alkyl halides is 2. The van der Waals surface area contributed by atoms with E-state index in [9.17, 15) is 22.4 Å². The number of aromatic nitrogens is 2. The van der Waals surface area contributed by atoms with Crippen LogP contribution in [0.3, 0.4) is 0 Å². The minimum absolute atomic E-state index is 0.0893. The van der Waals surface area contributed by atoms with Crippen molar-refractivity contribution >= 4 is 23.6 Å². The Kier molecular flexibility index (Phi) is 8.03. The first-order valence-corrected chi connectivity index (χ1v) is 8.44. The maximum absolute atomic E-state index is 13.3. The van der Waals surface area contributed by atoms with Crippen LogP contribution >= 0.6 is 0 Å². The van der Waals surface area contributed by atoms with Crippen LogP contribution in [0.25, 0.3) is 0 Å². The Morgan fingerprint density at radius 3 is 2.77 bits per heavy atom. The first kappa shape index (κ1) is 22.5. The van der Waals surface area contributed by atoms with Gasteiger partial charge in [-0.25, -0.2) is 28.1 Å². The first-order chi connectivity index (χ1) is 14.3. The standard InChI is InChI=1S/C19H17F4N5O2/c1-3-17(26-8-11(2)20)28-18-6-12(4-5-24-18)19(29)27-13-9-25-16(23)7-14(13)30-10-15(21)22/h3-9,15H,2,10H2,1H3,(H,24,28)(H,27,29)/b17-3+,26-8-. The molecule has 0 aliphatic heterocycles. The molecule has 0 atom stereocenters. The Morgan fingerprint density at radius 2 is 2.10 bits per heavy atom. The lowest BCUT2D eigenvalue weighted by molar-refractivity contribution is 0.0819. The van der Waals surface area contributed by atoms with Gasteiger partial charge < -0.3 is 15.4 Å². The average Bonchev–Trinajstić information content (AvgIpc) is 2.71. The molecule has 2 N–H and O–H groups in total. The van der Waals surface area contributed by atoms with Gasteiger partial charge in [0.05, 0.1) is 12.4 Å². The predicted molar refractivity (Wildman–Crippen MR) is 104 cm³/mol. The fourth-order valence-corrected chi connectivity index (χ4v) is 2.06. The number of halogens is 4. The third-order valence-corrected chi connectivity index (χ3v) is 3.34. The van der Waals surface area contributed by atoms with Gasteiger partial charge in [-0.2, -0.15) is 4.39 Å². The summed E-state index contributed by atoms with van der Waals surface area (Å²) >= 11 is 0. The van der Waals surface area contributed by atoms with E-state index in [-0.39, 0.29) is 28.6 Å². The van der Waals surface area contributed by atoms with Crippen LogP contribution in [0.4, 0.5) is 29.1 Å². The summed E-state index contributed by atoms with van der Waals surface area (Å²) in [5, 5.41) is 5.20. The molecule has 0 saturated heterocycles. The van der Waals surface area contributed by atoms with E-state index < -0.39 is 30.7 Å². The average molecular weight is 423 g/mol. The summed E-state index contributed by atoms with van der Waals surface area (Å²) in [5.74, 6) is -2.16. The summed E-state index contributed by atoms with van der Waals surface area (Å²) in [7, 11) is 0. The molecule has 2 heterocycles. The fraction of sp³-hybridized carbons (Fsp3) is 0.158. The molecule has 7 nitrogen and oxygen atoms in total. The van der Waals surface area contributed by atoms with E-state index in [1.807, 2.05) is 0 Å². The molecule has 11 heteroatoms. The topological polar surface area (TPSA) is 88.5 Å². The number of rotatable bonds is 9. The van der Waals surface area contributed by atoms with Crippen LogP contribution in [0.2, 0.25) is 0 Å². The van der Waals surface area contributed by atoms with Crippen molar-refractivity contribution in [3.8, 4) is 5.75 Å². The molecule has 0 aliphatic carbocycles. The fourth-order valence-electron chi connectivity index (χ4n) is 2.06. The van der Waals surface area contributed by atoms with Gasteiger partial charge in [-0.3, -0.25) is 4.79 Å². The van der Waals surface area contributed by atoms with Gasteiger partial charge in [0.2, 0.25) is 5.95 Å². The van der Waals surface area contributed by atoms with E-state index in [0.717, 1.165) is 18.5 Å². The molecule has 0 bridgehead atoms. The third kappa shape index (κ3) is 7.00. The number of aliphatic imine (C=N–C) groups is 1. The summed E-state index contributed by atoms with van der Waals surface area (Å²) < 4.78 is 55.6. The first-order valence-electron chi connectivity index (χ1n) is 8.44. The Morgan fingerprint density at radius 1 is 1.33 bits per heavy atom. The zero-order valence-corrected chi connectivity index (χ0v) is 15.7. The van der Waals surface area contributed by atoms with Crippen LogP contribution in [0.5, 0.6) is 5.75 Å². The van der Waals surface area contributed by atoms with Gasteiger partial charge in [-0.15, -0.1) is 0 Å². The number of nitrogens with zero attached hydrogens (tertiary/aromatic N) is 3. The van der Waals surface area contributed by atoms with Crippen molar-refractivity contribution in [2.24, 2.45) is 4.99 Å². The quantitative estimate of drug-likeness (QED) is 0.356. The number of carbonyl (C=O) groups is 1. The minimum atomic E-state index is -2.78. The van der Waals surface area contributed by atoms with Gasteiger partial charge in [0.25, 0.3) is 12.3 Å². The minimum Gasteiger partial charge on any atom is -0.485 e. The van der Waals surface area contributed by atoms with Crippen molar-refractivity contribution in [2.45, 2.75) is 13.3 Å². The SMILES string of the molecule is C=C(F)/C=N\C(=C/C)Nc1cc(C(=O)Nc2cnc(F)cc2OCC(F)F)ccn1. The van der Waals surface area contributed by atoms with E-state index in [2.05, 4.69) is 32.2 Å². The van der Waals surface area contributed by atoms with Crippen molar-refractivity contribution in [1.82, 2.24) is 9.97 Å². The second kappa shape index (κ2) is 10.7. The van der Waals surface area contributed by atoms with Crippen molar-refractivity contribution in [1.29, 1.82) is 0 Å². The van der Waals surface area contributed by atoms with Gasteiger partial charge >= 0.3 is 0 Å². The molecule has 0 spiro atoms. The van der Waals surface area contributed by atoms with Crippen LogP contribution in [-0.4, -0.2) is 35.1 Å². The maximum atomic E-state index is 13.3. The van der Waals surface area contributed by atoms with Crippen LogP contribution in [-0.2, 0) is 0 Å². The van der Waals surface area contributed by atoms with Gasteiger partial charge in [0.15, 0.2) is 0 Å². The number of amides is 1. The molecule has 0 unspecified atom stereocenters. The molecule has 1 amide bonds. The Hall–Kier alpha value is -3.76. The Bertz CT molecular complexity index is 979. The highest BCUT2D eigenvalue weighted by molar-refractivity contribution is 6.05. The smallest absolute Gasteiger partial charge is 0.272 e. The van der Waals surface area contributed by atoms with E-state index >= 15 is 0 Å². The van der Waals surface area contributed by atoms with Gasteiger partial charge in [-0.1, -0.05) is 6.58 Å². The van der Waals surface area contributed by atoms with Crippen molar-refractivity contribution in [3.05, 3.63) is 66.4 Å². The van der Waals surface area contributed by atoms with Crippen molar-refractivity contribution in [2.75, 3.05) is 17.2 Å². The molecular formula is C19H17F4N5O2. The molecule has 0 aliphatic rings. The lowest BCUT2D eigenvalue weighted by Crippen LogP contribution is -2.15. The number of anilines is 2. The lowest BCUT2D eigenvalue weighted by atomic mass is 10.2. The van der Waals surface area contributed by atoms with E-state index in [4.69, 9.17) is 4.74 Å². The summed E-state index contributed by atoms with van der Waals surface area (Å²) in [6.45, 7) is 3.73. The van der Waals surface area contributed by atoms with Crippen LogP contribution < -0.4 is 15.4 Å². The Balaban J connectivity index is 2.17. The van der Waals surface area contributed by atoms with Crippen LogP contribution in [0.1, 0.15) is 17.3 Å². The molecule has 0 radical (unpaired) electrons. The monoisotopic (exact) mass is 423 g/mol. The maximum Gasteiger partial charge on any atom is 0.272 e. The summed E-state index contributed by atoms with van der Waals surface area (Å²) in [4.78, 5) is 23.7. The lowest BCUT2D eigenvalue weighted by Gasteiger charge is -2.12. The molecule has 158 valence electrons. The molecule has 30 heavy (non-hydrogen) atoms. The number of nitrogens with one attached hydrogen (secondary N) is 2. The second-order valence-corrected chi connectivity index (χ2v) is 5.59. The van der Waals surface area contributed by atoms with Crippen LogP contribution in [0.15, 0.2) is 59.9 Å². The van der Waals surface area contributed by atoms with E-state index in [1.165, 1.54) is 18.3 Å². The van der Waals surface area contributed by atoms with Gasteiger partial charge in [0, 0.05) is 17.8 Å². The van der Waals surface area contributed by atoms with E-state index in [1.54, 1.807) is 13.0 Å². The van der Waals surface area contributed by atoms with Crippen molar-refractivity contribution < 1.29 is 27.1 Å². The second-order valence-electron chi connectivity index (χ2n) is 5.59. The molecular weight excluding hydrogens is 406 g/mol. The highest BCUT2D eigenvalue weighted by atomic mass is 19.3. The molecule has 0 aromatic carbocycles. The number of hydrogen-bond acceptors (Lipinski definition) is 6. The number of ether oxygens (including phenoxy) is 1. The summed E-state index contributed by atoms with van der Waals surface area (Å²) in [5.41, 5.74) is 0.0412. The highest BCUT2D eigenvalue weighted by Gasteiger charge is 2.14. The highest BCUT2D eigenvalue weighted by Crippen LogP contribution is 2.25. The molecule has 0 fully saturated rings. The number of pyridine rings is 2. The van der Waals surface area contributed by atoms with Gasteiger partial charge in [-0.05, 0) is 25.1 Å². The van der Waals surface area contributed by atoms with Crippen molar-refractivity contribution in [3.63, 3.8) is 0 Å². The number of carbonyl (C=O) groups excluding carboxylic acids is 1. The molecule has 2 aromatic rings. The predicted octanol–water partition coefficient (Wildman–Crippen LogP) is 4.34. The zero-order chi connectivity index (χ0) is 22.1. The number of allylic oxidation sites excluding steroid dienone is 2. The third-order valence-electron chi connectivity index (χ3n) is 3.34. The Labute approximate surface area is 169 Å². The number of hydrogen-bond donors (Lipinski definition) is 2. The molecule has 2 aromatic heterocycles. The molecule has 2 rings (SSSR count). The summed E-state index contributed by atoms with van der Waals surface area (Å²) in [6, 6.07) is 3.54. The summed E-state index contributed by atoms with van der Waals surface area (Å²) in [6.07, 6.45) is 1.95.